The fourth-order valence-corrected chi connectivity index (χ4v) is 1.31. The van der Waals surface area contributed by atoms with Crippen molar-refractivity contribution in [3.05, 3.63) is 0 Å². The van der Waals surface area contributed by atoms with Gasteiger partial charge in [0.1, 0.15) is 0 Å². The molecule has 0 heterocycles. The van der Waals surface area contributed by atoms with E-state index in [0.717, 1.165) is 0 Å². The van der Waals surface area contributed by atoms with Gasteiger partial charge in [0, 0.05) is 25.7 Å². The topological polar surface area (TPSA) is 99.6 Å². The quantitative estimate of drug-likeness (QED) is 0.315. The lowest BCUT2D eigenvalue weighted by Gasteiger charge is -2.34. The van der Waals surface area contributed by atoms with Crippen molar-refractivity contribution in [3.8, 4) is 0 Å². The van der Waals surface area contributed by atoms with Crippen molar-refractivity contribution < 1.29 is 5.11 Å². The van der Waals surface area contributed by atoms with Crippen LogP contribution >= 0.6 is 0 Å². The molecular formula is C10H27N5O. The molecule has 0 aromatic heterocycles. The van der Waals surface area contributed by atoms with E-state index in [4.69, 9.17) is 11.5 Å². The van der Waals surface area contributed by atoms with Crippen molar-refractivity contribution in [1.82, 2.24) is 16.0 Å². The summed E-state index contributed by atoms with van der Waals surface area (Å²) < 4.78 is 0. The molecule has 0 rings (SSSR count). The van der Waals surface area contributed by atoms with Crippen LogP contribution in [0.15, 0.2) is 0 Å². The standard InChI is InChI=1S/C10H27N5O/c1-8(2)10(7-16)15(13-5-4-11)14-6-9(3)12/h8-10,13-14,16H,4-7,11-12H2,1-3H3. The number of hydrazine groups is 2. The van der Waals surface area contributed by atoms with Gasteiger partial charge in [0.2, 0.25) is 0 Å². The zero-order chi connectivity index (χ0) is 12.6. The number of nitrogens with one attached hydrogen (secondary N) is 2. The Hall–Kier alpha value is -0.240. The van der Waals surface area contributed by atoms with Crippen molar-refractivity contribution in [2.24, 2.45) is 17.4 Å². The molecule has 16 heavy (non-hydrogen) atoms. The molecule has 0 aliphatic carbocycles. The number of aliphatic hydroxyl groups excluding tert-OH is 1. The minimum Gasteiger partial charge on any atom is -0.395 e. The first-order chi connectivity index (χ1) is 7.52. The fourth-order valence-electron chi connectivity index (χ4n) is 1.31. The minimum absolute atomic E-state index is 0.00491. The van der Waals surface area contributed by atoms with E-state index in [-0.39, 0.29) is 18.7 Å². The average Bonchev–Trinajstić information content (AvgIpc) is 2.21. The van der Waals surface area contributed by atoms with E-state index in [1.807, 2.05) is 12.0 Å². The Kier molecular flexibility index (Phi) is 8.73. The molecular weight excluding hydrogens is 206 g/mol. The van der Waals surface area contributed by atoms with Gasteiger partial charge in [0.05, 0.1) is 12.6 Å². The second-order valence-corrected chi connectivity index (χ2v) is 4.40. The molecule has 0 saturated heterocycles. The van der Waals surface area contributed by atoms with Crippen LogP contribution in [0, 0.1) is 5.92 Å². The van der Waals surface area contributed by atoms with Gasteiger partial charge in [0.15, 0.2) is 0 Å². The maximum Gasteiger partial charge on any atom is 0.0653 e. The van der Waals surface area contributed by atoms with Crippen LogP contribution in [0.25, 0.3) is 0 Å². The van der Waals surface area contributed by atoms with Crippen LogP contribution in [0.5, 0.6) is 0 Å². The number of nitrogens with zero attached hydrogens (tertiary/aromatic N) is 1. The first kappa shape index (κ1) is 15.8. The molecule has 7 N–H and O–H groups in total. The van der Waals surface area contributed by atoms with E-state index in [0.29, 0.717) is 25.6 Å². The van der Waals surface area contributed by atoms with Crippen LogP contribution < -0.4 is 22.3 Å². The minimum atomic E-state index is 0.00491. The number of hydrogen-bond donors (Lipinski definition) is 5. The van der Waals surface area contributed by atoms with Crippen molar-refractivity contribution in [3.63, 3.8) is 0 Å². The second-order valence-electron chi connectivity index (χ2n) is 4.40. The average molecular weight is 233 g/mol. The summed E-state index contributed by atoms with van der Waals surface area (Å²) in [5.74, 6) is 0.329. The third-order valence-electron chi connectivity index (χ3n) is 2.30. The van der Waals surface area contributed by atoms with E-state index < -0.39 is 0 Å². The predicted molar refractivity (Wildman–Crippen MR) is 66.3 cm³/mol. The molecule has 0 spiro atoms. The number of hydrogen-bond acceptors (Lipinski definition) is 6. The van der Waals surface area contributed by atoms with Crippen LogP contribution in [0.3, 0.4) is 0 Å². The van der Waals surface area contributed by atoms with Crippen LogP contribution in [-0.2, 0) is 0 Å². The van der Waals surface area contributed by atoms with Gasteiger partial charge in [-0.05, 0) is 12.8 Å². The lowest BCUT2D eigenvalue weighted by atomic mass is 10.1. The highest BCUT2D eigenvalue weighted by atomic mass is 16.3. The van der Waals surface area contributed by atoms with Crippen molar-refractivity contribution in [2.75, 3.05) is 26.2 Å². The van der Waals surface area contributed by atoms with Crippen LogP contribution in [0.1, 0.15) is 20.8 Å². The SMILES string of the molecule is CC(N)CNN(NCCN)C(CO)C(C)C. The molecule has 0 saturated carbocycles. The summed E-state index contributed by atoms with van der Waals surface area (Å²) >= 11 is 0. The molecule has 0 radical (unpaired) electrons. The highest BCUT2D eigenvalue weighted by Gasteiger charge is 2.20. The van der Waals surface area contributed by atoms with Gasteiger partial charge in [-0.2, -0.15) is 5.12 Å². The Morgan fingerprint density at radius 1 is 1.25 bits per heavy atom. The number of aliphatic hydroxyl groups is 1. The molecule has 0 aliphatic rings. The summed E-state index contributed by atoms with van der Waals surface area (Å²) in [5.41, 5.74) is 17.4. The summed E-state index contributed by atoms with van der Waals surface area (Å²) in [5, 5.41) is 11.2. The summed E-state index contributed by atoms with van der Waals surface area (Å²) in [4.78, 5) is 0. The molecule has 0 amide bonds. The maximum atomic E-state index is 9.35. The van der Waals surface area contributed by atoms with E-state index in [2.05, 4.69) is 24.7 Å². The Balaban J connectivity index is 4.25. The van der Waals surface area contributed by atoms with Gasteiger partial charge in [0.25, 0.3) is 0 Å². The summed E-state index contributed by atoms with van der Waals surface area (Å²) in [6.45, 7) is 8.00. The summed E-state index contributed by atoms with van der Waals surface area (Å²) in [7, 11) is 0. The van der Waals surface area contributed by atoms with Crippen LogP contribution in [-0.4, -0.2) is 48.5 Å². The zero-order valence-electron chi connectivity index (χ0n) is 10.6. The molecule has 0 aromatic carbocycles. The van der Waals surface area contributed by atoms with Crippen molar-refractivity contribution in [1.29, 1.82) is 0 Å². The maximum absolute atomic E-state index is 9.35. The Morgan fingerprint density at radius 3 is 2.25 bits per heavy atom. The van der Waals surface area contributed by atoms with Crippen molar-refractivity contribution in [2.45, 2.75) is 32.9 Å². The molecule has 0 aromatic rings. The predicted octanol–water partition coefficient (Wildman–Crippen LogP) is -1.38. The molecule has 6 nitrogen and oxygen atoms in total. The van der Waals surface area contributed by atoms with E-state index in [1.165, 1.54) is 0 Å². The molecule has 2 unspecified atom stereocenters. The smallest absolute Gasteiger partial charge is 0.0653 e. The zero-order valence-corrected chi connectivity index (χ0v) is 10.6. The largest absolute Gasteiger partial charge is 0.395 e. The third kappa shape index (κ3) is 6.37. The number of rotatable bonds is 9. The van der Waals surface area contributed by atoms with Gasteiger partial charge in [-0.1, -0.05) is 13.8 Å². The first-order valence-corrected chi connectivity index (χ1v) is 5.85. The van der Waals surface area contributed by atoms with Gasteiger partial charge in [-0.15, -0.1) is 0 Å². The van der Waals surface area contributed by atoms with Crippen LogP contribution in [0.4, 0.5) is 0 Å². The highest BCUT2D eigenvalue weighted by Crippen LogP contribution is 2.05. The second kappa shape index (κ2) is 8.86. The monoisotopic (exact) mass is 233 g/mol. The summed E-state index contributed by atoms with van der Waals surface area (Å²) in [6, 6.07) is 0.0685. The van der Waals surface area contributed by atoms with Gasteiger partial charge >= 0.3 is 0 Å². The third-order valence-corrected chi connectivity index (χ3v) is 2.30. The van der Waals surface area contributed by atoms with E-state index in [1.54, 1.807) is 0 Å². The summed E-state index contributed by atoms with van der Waals surface area (Å²) in [6.07, 6.45) is 0. The lowest BCUT2D eigenvalue weighted by Crippen LogP contribution is -2.59. The van der Waals surface area contributed by atoms with Gasteiger partial charge in [-0.25, -0.2) is 10.9 Å². The van der Waals surface area contributed by atoms with E-state index >= 15 is 0 Å². The molecule has 0 aliphatic heterocycles. The molecule has 6 heteroatoms. The van der Waals surface area contributed by atoms with E-state index in [9.17, 15) is 5.11 Å². The number of nitrogens with two attached hydrogens (primary N) is 2. The van der Waals surface area contributed by atoms with Gasteiger partial charge in [-0.3, -0.25) is 0 Å². The van der Waals surface area contributed by atoms with Crippen molar-refractivity contribution >= 4 is 0 Å². The first-order valence-electron chi connectivity index (χ1n) is 5.85. The van der Waals surface area contributed by atoms with Crippen LogP contribution in [0.2, 0.25) is 0 Å². The van der Waals surface area contributed by atoms with Gasteiger partial charge < -0.3 is 16.6 Å². The normalized spacial score (nSPS) is 15.8. The molecule has 0 bridgehead atoms. The molecule has 0 fully saturated rings. The Morgan fingerprint density at radius 2 is 1.88 bits per heavy atom. The Bertz CT molecular complexity index is 165. The molecule has 2 atom stereocenters. The highest BCUT2D eigenvalue weighted by molar-refractivity contribution is 4.70. The Labute approximate surface area is 98.3 Å². The lowest BCUT2D eigenvalue weighted by molar-refractivity contribution is 0.00251. The molecule has 98 valence electrons. The fraction of sp³-hybridized carbons (Fsp3) is 1.00.